The van der Waals surface area contributed by atoms with Crippen molar-refractivity contribution >= 4 is 33.4 Å². The molecule has 27 heavy (non-hydrogen) atoms. The highest BCUT2D eigenvalue weighted by Crippen LogP contribution is 2.15. The number of carbonyl (C=O) groups excluding carboxylic acids is 2. The Labute approximate surface area is 163 Å². The Morgan fingerprint density at radius 2 is 1.85 bits per heavy atom. The fourth-order valence-electron chi connectivity index (χ4n) is 2.34. The number of halogens is 1. The predicted molar refractivity (Wildman–Crippen MR) is 102 cm³/mol. The molecule has 8 heteroatoms. The molecule has 0 aliphatic carbocycles. The van der Waals surface area contributed by atoms with Gasteiger partial charge in [-0.15, -0.1) is 0 Å². The van der Waals surface area contributed by atoms with Crippen LogP contribution in [0, 0.1) is 13.8 Å². The molecule has 0 atom stereocenters. The summed E-state index contributed by atoms with van der Waals surface area (Å²) < 4.78 is 31.5. The van der Waals surface area contributed by atoms with Gasteiger partial charge in [-0.1, -0.05) is 35.4 Å². The lowest BCUT2D eigenvalue weighted by atomic mass is 10.0. The zero-order valence-electron chi connectivity index (χ0n) is 15.0. The molecule has 144 valence electrons. The van der Waals surface area contributed by atoms with Crippen molar-refractivity contribution in [1.82, 2.24) is 4.72 Å². The van der Waals surface area contributed by atoms with E-state index in [-0.39, 0.29) is 30.3 Å². The van der Waals surface area contributed by atoms with E-state index in [0.717, 1.165) is 11.1 Å². The number of ketones is 1. The van der Waals surface area contributed by atoms with Crippen LogP contribution in [0.5, 0.6) is 0 Å². The molecule has 0 spiro atoms. The number of Topliss-reactive ketones (excluding diaryl/α,β-unsaturated/α-hetero) is 1. The first-order valence-electron chi connectivity index (χ1n) is 8.20. The second kappa shape index (κ2) is 9.12. The lowest BCUT2D eigenvalue weighted by Crippen LogP contribution is -2.27. The molecule has 0 fully saturated rings. The first kappa shape index (κ1) is 21.1. The number of nitrogens with one attached hydrogen (secondary N) is 1. The Kier molecular flexibility index (Phi) is 7.12. The predicted octanol–water partition coefficient (Wildman–Crippen LogP) is 3.05. The van der Waals surface area contributed by atoms with Gasteiger partial charge >= 0.3 is 5.97 Å². The van der Waals surface area contributed by atoms with Crippen LogP contribution in [0.25, 0.3) is 0 Å². The topological polar surface area (TPSA) is 89.5 Å². The van der Waals surface area contributed by atoms with Crippen molar-refractivity contribution in [2.75, 3.05) is 13.2 Å². The average molecular weight is 410 g/mol. The monoisotopic (exact) mass is 409 g/mol. The van der Waals surface area contributed by atoms with Crippen LogP contribution in [0.15, 0.2) is 47.4 Å². The molecular weight excluding hydrogens is 390 g/mol. The number of hydrogen-bond acceptors (Lipinski definition) is 5. The highest BCUT2D eigenvalue weighted by molar-refractivity contribution is 7.89. The molecule has 0 saturated carbocycles. The summed E-state index contributed by atoms with van der Waals surface area (Å²) in [6.45, 7) is 3.14. The third-order valence-electron chi connectivity index (χ3n) is 3.79. The summed E-state index contributed by atoms with van der Waals surface area (Å²) >= 11 is 5.78. The van der Waals surface area contributed by atoms with Crippen LogP contribution >= 0.6 is 11.6 Å². The maximum atomic E-state index is 12.2. The van der Waals surface area contributed by atoms with E-state index in [1.807, 2.05) is 19.1 Å². The Balaban J connectivity index is 1.82. The molecule has 0 aliphatic rings. The Hall–Kier alpha value is -2.22. The maximum absolute atomic E-state index is 12.2. The van der Waals surface area contributed by atoms with Crippen molar-refractivity contribution in [3.63, 3.8) is 0 Å². The van der Waals surface area contributed by atoms with Crippen LogP contribution in [0.2, 0.25) is 5.02 Å². The summed E-state index contributed by atoms with van der Waals surface area (Å²) in [6, 6.07) is 11.2. The number of esters is 1. The highest BCUT2D eigenvalue weighted by Gasteiger charge is 2.16. The van der Waals surface area contributed by atoms with Gasteiger partial charge in [-0.25, -0.2) is 13.1 Å². The third-order valence-corrected chi connectivity index (χ3v) is 5.48. The molecule has 1 N–H and O–H groups in total. The van der Waals surface area contributed by atoms with Gasteiger partial charge in [0.1, 0.15) is 0 Å². The van der Waals surface area contributed by atoms with E-state index < -0.39 is 16.0 Å². The first-order chi connectivity index (χ1) is 12.7. The van der Waals surface area contributed by atoms with E-state index >= 15 is 0 Å². The molecule has 6 nitrogen and oxygen atoms in total. The minimum absolute atomic E-state index is 0.00784. The van der Waals surface area contributed by atoms with Crippen molar-refractivity contribution in [2.24, 2.45) is 0 Å². The summed E-state index contributed by atoms with van der Waals surface area (Å²) in [5.74, 6) is -0.966. The molecule has 0 aromatic heterocycles. The van der Waals surface area contributed by atoms with Gasteiger partial charge < -0.3 is 4.74 Å². The smallest absolute Gasteiger partial charge is 0.307 e. The molecule has 0 amide bonds. The summed E-state index contributed by atoms with van der Waals surface area (Å²) in [5.41, 5.74) is 2.24. The van der Waals surface area contributed by atoms with Crippen molar-refractivity contribution in [2.45, 2.75) is 25.2 Å². The van der Waals surface area contributed by atoms with Crippen LogP contribution in [0.4, 0.5) is 0 Å². The van der Waals surface area contributed by atoms with Crippen LogP contribution in [-0.2, 0) is 19.6 Å². The fraction of sp³-hybridized carbons (Fsp3) is 0.263. The molecular formula is C19H20ClNO5S. The van der Waals surface area contributed by atoms with Crippen LogP contribution in [0.1, 0.15) is 27.9 Å². The fourth-order valence-corrected chi connectivity index (χ4v) is 3.67. The van der Waals surface area contributed by atoms with Crippen LogP contribution in [-0.4, -0.2) is 33.3 Å². The van der Waals surface area contributed by atoms with Crippen molar-refractivity contribution in [3.8, 4) is 0 Å². The Bertz CT molecular complexity index is 956. The van der Waals surface area contributed by atoms with E-state index in [9.17, 15) is 18.0 Å². The molecule has 0 heterocycles. The van der Waals surface area contributed by atoms with Gasteiger partial charge in [-0.05, 0) is 43.7 Å². The molecule has 2 rings (SSSR count). The minimum atomic E-state index is -3.77. The van der Waals surface area contributed by atoms with Gasteiger partial charge in [-0.2, -0.15) is 0 Å². The van der Waals surface area contributed by atoms with Gasteiger partial charge in [0.15, 0.2) is 6.61 Å². The maximum Gasteiger partial charge on any atom is 0.307 e. The SMILES string of the molecule is Cc1ccc(C)c(C(=O)COC(=O)CCNS(=O)(=O)c2cccc(Cl)c2)c1. The van der Waals surface area contributed by atoms with Crippen molar-refractivity contribution < 1.29 is 22.7 Å². The van der Waals surface area contributed by atoms with Gasteiger partial charge in [-0.3, -0.25) is 9.59 Å². The average Bonchev–Trinajstić information content (AvgIpc) is 2.61. The van der Waals surface area contributed by atoms with Crippen LogP contribution in [0.3, 0.4) is 0 Å². The van der Waals surface area contributed by atoms with Crippen molar-refractivity contribution in [3.05, 3.63) is 64.2 Å². The van der Waals surface area contributed by atoms with Gasteiger partial charge in [0, 0.05) is 17.1 Å². The zero-order chi connectivity index (χ0) is 20.0. The summed E-state index contributed by atoms with van der Waals surface area (Å²) in [4.78, 5) is 24.0. The molecule has 2 aromatic rings. The largest absolute Gasteiger partial charge is 0.457 e. The van der Waals surface area contributed by atoms with Crippen molar-refractivity contribution in [1.29, 1.82) is 0 Å². The molecule has 0 radical (unpaired) electrons. The normalized spacial score (nSPS) is 11.2. The summed E-state index contributed by atoms with van der Waals surface area (Å²) in [5, 5.41) is 0.294. The van der Waals surface area contributed by atoms with Gasteiger partial charge in [0.25, 0.3) is 0 Å². The molecule has 0 unspecified atom stereocenters. The standard InChI is InChI=1S/C19H20ClNO5S/c1-13-6-7-14(2)17(10-13)18(22)12-26-19(23)8-9-21-27(24,25)16-5-3-4-15(20)11-16/h3-7,10-11,21H,8-9,12H2,1-2H3. The number of rotatable bonds is 8. The quantitative estimate of drug-likeness (QED) is 0.534. The van der Waals surface area contributed by atoms with E-state index in [4.69, 9.17) is 16.3 Å². The molecule has 0 aliphatic heterocycles. The van der Waals surface area contributed by atoms with E-state index in [1.165, 1.54) is 18.2 Å². The minimum Gasteiger partial charge on any atom is -0.457 e. The highest BCUT2D eigenvalue weighted by atomic mass is 35.5. The number of hydrogen-bond donors (Lipinski definition) is 1. The number of aryl methyl sites for hydroxylation is 2. The van der Waals surface area contributed by atoms with Gasteiger partial charge in [0.05, 0.1) is 11.3 Å². The third kappa shape index (κ3) is 6.16. The van der Waals surface area contributed by atoms with E-state index in [2.05, 4.69) is 4.72 Å². The zero-order valence-corrected chi connectivity index (χ0v) is 16.6. The first-order valence-corrected chi connectivity index (χ1v) is 10.1. The van der Waals surface area contributed by atoms with Crippen LogP contribution < -0.4 is 4.72 Å². The van der Waals surface area contributed by atoms with E-state index in [1.54, 1.807) is 19.1 Å². The molecule has 0 saturated heterocycles. The lowest BCUT2D eigenvalue weighted by Gasteiger charge is -2.09. The lowest BCUT2D eigenvalue weighted by molar-refractivity contribution is -0.142. The second-order valence-electron chi connectivity index (χ2n) is 6.01. The summed E-state index contributed by atoms with van der Waals surface area (Å²) in [7, 11) is -3.77. The number of carbonyl (C=O) groups is 2. The molecule has 0 bridgehead atoms. The molecule has 2 aromatic carbocycles. The number of benzene rings is 2. The second-order valence-corrected chi connectivity index (χ2v) is 8.21. The number of ether oxygens (including phenoxy) is 1. The number of sulfonamides is 1. The Morgan fingerprint density at radius 1 is 1.11 bits per heavy atom. The Morgan fingerprint density at radius 3 is 2.56 bits per heavy atom. The summed E-state index contributed by atoms with van der Waals surface area (Å²) in [6.07, 6.45) is -0.195. The van der Waals surface area contributed by atoms with E-state index in [0.29, 0.717) is 10.6 Å². The van der Waals surface area contributed by atoms with Gasteiger partial charge in [0.2, 0.25) is 15.8 Å².